The molecule has 3 N–H and O–H groups in total. The minimum absolute atomic E-state index is 0.406. The molecule has 13 heavy (non-hydrogen) atoms. The van der Waals surface area contributed by atoms with Crippen LogP contribution in [0.1, 0.15) is 12.7 Å². The van der Waals surface area contributed by atoms with Gasteiger partial charge in [0.1, 0.15) is 0 Å². The van der Waals surface area contributed by atoms with Crippen molar-refractivity contribution in [2.24, 2.45) is 5.73 Å². The van der Waals surface area contributed by atoms with E-state index in [0.717, 1.165) is 10.8 Å². The maximum absolute atomic E-state index is 9.56. The first kappa shape index (κ1) is 8.29. The first-order valence-corrected chi connectivity index (χ1v) is 4.07. The molecule has 1 aromatic carbocycles. The maximum atomic E-state index is 9.56. The summed E-state index contributed by atoms with van der Waals surface area (Å²) in [6, 6.07) is 7.57. The highest BCUT2D eigenvalue weighted by Gasteiger charge is 2.23. The van der Waals surface area contributed by atoms with E-state index in [1.165, 1.54) is 6.92 Å². The molecule has 0 saturated heterocycles. The fraction of sp³-hybridized carbons (Fsp3) is 0.200. The zero-order valence-corrected chi connectivity index (χ0v) is 7.32. The zero-order chi connectivity index (χ0) is 9.47. The third-order valence-electron chi connectivity index (χ3n) is 1.97. The van der Waals surface area contributed by atoms with Gasteiger partial charge in [-0.2, -0.15) is 0 Å². The second kappa shape index (κ2) is 2.58. The third kappa shape index (κ3) is 1.32. The molecular weight excluding hydrogens is 166 g/mol. The second-order valence-corrected chi connectivity index (χ2v) is 3.30. The van der Waals surface area contributed by atoms with E-state index in [1.807, 2.05) is 24.3 Å². The van der Waals surface area contributed by atoms with Crippen LogP contribution < -0.4 is 5.73 Å². The monoisotopic (exact) mass is 177 g/mol. The SMILES string of the molecule is CC(N)(O)c1occ2ccccc12. The molecular formula is C10H11NO2. The van der Waals surface area contributed by atoms with Gasteiger partial charge in [-0.15, -0.1) is 0 Å². The third-order valence-corrected chi connectivity index (χ3v) is 1.97. The van der Waals surface area contributed by atoms with Gasteiger partial charge < -0.3 is 9.52 Å². The molecule has 0 spiro atoms. The summed E-state index contributed by atoms with van der Waals surface area (Å²) in [5.41, 5.74) is 4.12. The minimum atomic E-state index is -1.41. The Kier molecular flexibility index (Phi) is 1.65. The predicted molar refractivity (Wildman–Crippen MR) is 50.0 cm³/mol. The highest BCUT2D eigenvalue weighted by Crippen LogP contribution is 2.26. The molecule has 1 unspecified atom stereocenters. The van der Waals surface area contributed by atoms with Crippen molar-refractivity contribution in [3.05, 3.63) is 36.3 Å². The molecule has 1 atom stereocenters. The Labute approximate surface area is 75.8 Å². The van der Waals surface area contributed by atoms with E-state index in [9.17, 15) is 5.11 Å². The maximum Gasteiger partial charge on any atom is 0.170 e. The minimum Gasteiger partial charge on any atom is -0.464 e. The molecule has 68 valence electrons. The van der Waals surface area contributed by atoms with E-state index in [0.29, 0.717) is 5.76 Å². The van der Waals surface area contributed by atoms with Crippen LogP contribution in [0.15, 0.2) is 34.9 Å². The van der Waals surface area contributed by atoms with E-state index in [4.69, 9.17) is 10.2 Å². The molecule has 0 saturated carbocycles. The van der Waals surface area contributed by atoms with Crippen LogP contribution in [0.25, 0.3) is 10.8 Å². The van der Waals surface area contributed by atoms with Crippen LogP contribution in [0.5, 0.6) is 0 Å². The Morgan fingerprint density at radius 3 is 2.77 bits per heavy atom. The molecule has 0 fully saturated rings. The number of hydrogen-bond donors (Lipinski definition) is 2. The molecule has 0 aliphatic rings. The molecule has 0 amide bonds. The van der Waals surface area contributed by atoms with Crippen molar-refractivity contribution < 1.29 is 9.52 Å². The van der Waals surface area contributed by atoms with Crippen molar-refractivity contribution in [3.8, 4) is 0 Å². The number of rotatable bonds is 1. The molecule has 0 bridgehead atoms. The summed E-state index contributed by atoms with van der Waals surface area (Å²) < 4.78 is 5.20. The van der Waals surface area contributed by atoms with Crippen molar-refractivity contribution in [1.29, 1.82) is 0 Å². The summed E-state index contributed by atoms with van der Waals surface area (Å²) in [5.74, 6) is 0.406. The number of nitrogens with two attached hydrogens (primary N) is 1. The Hall–Kier alpha value is -1.32. The Morgan fingerprint density at radius 1 is 1.38 bits per heavy atom. The molecule has 3 nitrogen and oxygen atoms in total. The lowest BCUT2D eigenvalue weighted by molar-refractivity contribution is 0.0428. The van der Waals surface area contributed by atoms with E-state index < -0.39 is 5.72 Å². The lowest BCUT2D eigenvalue weighted by Crippen LogP contribution is -2.31. The molecule has 0 radical (unpaired) electrons. The standard InChI is InChI=1S/C10H11NO2/c1-10(11,12)9-8-5-3-2-4-7(8)6-13-9/h2-6,12H,11H2,1H3. The van der Waals surface area contributed by atoms with Gasteiger partial charge in [-0.3, -0.25) is 5.73 Å². The highest BCUT2D eigenvalue weighted by molar-refractivity contribution is 5.84. The van der Waals surface area contributed by atoms with Crippen LogP contribution in [0, 0.1) is 0 Å². The number of aliphatic hydroxyl groups is 1. The van der Waals surface area contributed by atoms with Gasteiger partial charge in [0.25, 0.3) is 0 Å². The second-order valence-electron chi connectivity index (χ2n) is 3.30. The summed E-state index contributed by atoms with van der Waals surface area (Å²) in [6.45, 7) is 1.50. The van der Waals surface area contributed by atoms with Gasteiger partial charge in [-0.1, -0.05) is 24.3 Å². The number of furan rings is 1. The average molecular weight is 177 g/mol. The lowest BCUT2D eigenvalue weighted by atomic mass is 10.1. The number of benzene rings is 1. The molecule has 2 rings (SSSR count). The highest BCUT2D eigenvalue weighted by atomic mass is 16.4. The van der Waals surface area contributed by atoms with E-state index in [2.05, 4.69) is 0 Å². The summed E-state index contributed by atoms with van der Waals surface area (Å²) in [5, 5.41) is 11.4. The van der Waals surface area contributed by atoms with Gasteiger partial charge in [-0.05, 0) is 6.92 Å². The van der Waals surface area contributed by atoms with Crippen LogP contribution >= 0.6 is 0 Å². The first-order valence-electron chi connectivity index (χ1n) is 4.07. The van der Waals surface area contributed by atoms with Gasteiger partial charge in [0.2, 0.25) is 0 Å². The van der Waals surface area contributed by atoms with Gasteiger partial charge in [0.15, 0.2) is 11.5 Å². The van der Waals surface area contributed by atoms with Gasteiger partial charge in [-0.25, -0.2) is 0 Å². The van der Waals surface area contributed by atoms with Crippen molar-refractivity contribution >= 4 is 10.8 Å². The van der Waals surface area contributed by atoms with Crippen molar-refractivity contribution in [2.45, 2.75) is 12.6 Å². The fourth-order valence-corrected chi connectivity index (χ4v) is 1.38. The van der Waals surface area contributed by atoms with Crippen LogP contribution in [0.2, 0.25) is 0 Å². The van der Waals surface area contributed by atoms with E-state index in [1.54, 1.807) is 6.26 Å². The van der Waals surface area contributed by atoms with Crippen LogP contribution in [-0.4, -0.2) is 5.11 Å². The molecule has 0 aliphatic carbocycles. The van der Waals surface area contributed by atoms with Gasteiger partial charge in [0, 0.05) is 10.8 Å². The van der Waals surface area contributed by atoms with Gasteiger partial charge in [0.05, 0.1) is 6.26 Å². The zero-order valence-electron chi connectivity index (χ0n) is 7.32. The molecule has 2 aromatic rings. The molecule has 1 aromatic heterocycles. The van der Waals surface area contributed by atoms with Crippen molar-refractivity contribution in [2.75, 3.05) is 0 Å². The number of fused-ring (bicyclic) bond motifs is 1. The van der Waals surface area contributed by atoms with Crippen molar-refractivity contribution in [3.63, 3.8) is 0 Å². The van der Waals surface area contributed by atoms with Crippen LogP contribution in [0.4, 0.5) is 0 Å². The molecule has 0 aliphatic heterocycles. The van der Waals surface area contributed by atoms with Crippen LogP contribution in [-0.2, 0) is 5.72 Å². The molecule has 1 heterocycles. The Morgan fingerprint density at radius 2 is 2.08 bits per heavy atom. The van der Waals surface area contributed by atoms with E-state index >= 15 is 0 Å². The van der Waals surface area contributed by atoms with Crippen molar-refractivity contribution in [1.82, 2.24) is 0 Å². The summed E-state index contributed by atoms with van der Waals surface area (Å²) in [6.07, 6.45) is 1.59. The normalized spacial score (nSPS) is 15.9. The summed E-state index contributed by atoms with van der Waals surface area (Å²) in [4.78, 5) is 0. The number of hydrogen-bond acceptors (Lipinski definition) is 3. The average Bonchev–Trinajstić information content (AvgIpc) is 2.45. The summed E-state index contributed by atoms with van der Waals surface area (Å²) in [7, 11) is 0. The van der Waals surface area contributed by atoms with Crippen LogP contribution in [0.3, 0.4) is 0 Å². The Bertz CT molecular complexity index is 426. The topological polar surface area (TPSA) is 59.4 Å². The summed E-state index contributed by atoms with van der Waals surface area (Å²) >= 11 is 0. The predicted octanol–water partition coefficient (Wildman–Crippen LogP) is 1.56. The molecule has 3 heteroatoms. The smallest absolute Gasteiger partial charge is 0.170 e. The quantitative estimate of drug-likeness (QED) is 0.650. The largest absolute Gasteiger partial charge is 0.464 e. The van der Waals surface area contributed by atoms with Gasteiger partial charge >= 0.3 is 0 Å². The fourth-order valence-electron chi connectivity index (χ4n) is 1.38. The van der Waals surface area contributed by atoms with E-state index in [-0.39, 0.29) is 0 Å². The lowest BCUT2D eigenvalue weighted by Gasteiger charge is -2.13. The first-order chi connectivity index (χ1) is 6.09. The Balaban J connectivity index is 2.72.